The molecule has 0 radical (unpaired) electrons. The molecule has 0 saturated heterocycles. The molecule has 0 heterocycles. The number of carbonyl (C=O) groups excluding carboxylic acids is 3. The van der Waals surface area contributed by atoms with E-state index in [4.69, 9.17) is 11.5 Å². The Balaban J connectivity index is 0.0000116. The number of nitro groups is 1. The van der Waals surface area contributed by atoms with Crippen LogP contribution >= 0.6 is 12.4 Å². The summed E-state index contributed by atoms with van der Waals surface area (Å²) in [7, 11) is 0. The number of amides is 3. The van der Waals surface area contributed by atoms with Crippen molar-refractivity contribution in [2.45, 2.75) is 71.5 Å². The SMILES string of the molecule is CC(C)CC(NC(=O)C(N)C(C)C)C(=O)NC(CCCCN)C(=O)Nc1ccc([N+](=O)[O-])cc1.Cl. The van der Waals surface area contributed by atoms with Gasteiger partial charge in [-0.05, 0) is 56.2 Å². The third-order valence-corrected chi connectivity index (χ3v) is 5.29. The Morgan fingerprint density at radius 2 is 1.51 bits per heavy atom. The van der Waals surface area contributed by atoms with E-state index in [-0.39, 0.29) is 29.9 Å². The minimum atomic E-state index is -0.875. The molecular weight excluding hydrogens is 476 g/mol. The Morgan fingerprint density at radius 3 is 2.00 bits per heavy atom. The highest BCUT2D eigenvalue weighted by molar-refractivity contribution is 5.98. The average molecular weight is 515 g/mol. The van der Waals surface area contributed by atoms with E-state index in [9.17, 15) is 24.5 Å². The molecule has 0 aliphatic heterocycles. The van der Waals surface area contributed by atoms with Crippen LogP contribution in [-0.2, 0) is 14.4 Å². The maximum Gasteiger partial charge on any atom is 0.269 e. The van der Waals surface area contributed by atoms with E-state index in [2.05, 4.69) is 16.0 Å². The summed E-state index contributed by atoms with van der Waals surface area (Å²) in [5.41, 5.74) is 11.8. The number of nitro benzene ring substituents is 1. The molecule has 7 N–H and O–H groups in total. The number of non-ortho nitro benzene ring substituents is 1. The highest BCUT2D eigenvalue weighted by Gasteiger charge is 2.29. The first-order valence-corrected chi connectivity index (χ1v) is 11.6. The lowest BCUT2D eigenvalue weighted by molar-refractivity contribution is -0.384. The van der Waals surface area contributed by atoms with Crippen LogP contribution in [0, 0.1) is 22.0 Å². The van der Waals surface area contributed by atoms with Gasteiger partial charge in [-0.3, -0.25) is 24.5 Å². The van der Waals surface area contributed by atoms with Crippen LogP contribution in [0.25, 0.3) is 0 Å². The first-order chi connectivity index (χ1) is 16.0. The number of rotatable bonds is 14. The third kappa shape index (κ3) is 11.5. The molecular formula is C23H39ClN6O5. The number of carbonyl (C=O) groups is 3. The summed E-state index contributed by atoms with van der Waals surface area (Å²) in [5, 5.41) is 19.0. The molecule has 35 heavy (non-hydrogen) atoms. The van der Waals surface area contributed by atoms with Crippen molar-refractivity contribution >= 4 is 41.5 Å². The molecule has 3 amide bonds. The van der Waals surface area contributed by atoms with Crippen molar-refractivity contribution < 1.29 is 19.3 Å². The molecule has 0 fully saturated rings. The summed E-state index contributed by atoms with van der Waals surface area (Å²) in [5.74, 6) is -1.36. The molecule has 1 rings (SSSR count). The number of anilines is 1. The monoisotopic (exact) mass is 514 g/mol. The van der Waals surface area contributed by atoms with E-state index in [1.165, 1.54) is 24.3 Å². The van der Waals surface area contributed by atoms with Crippen molar-refractivity contribution in [1.29, 1.82) is 0 Å². The standard InChI is InChI=1S/C23H38N6O5.ClH/c1-14(2)13-19(28-23(32)20(25)15(3)4)22(31)27-18(7-5-6-12-24)21(30)26-16-8-10-17(11-9-16)29(33)34;/h8-11,14-15,18-20H,5-7,12-13,24-25H2,1-4H3,(H,26,30)(H,27,31)(H,28,32);1H. The van der Waals surface area contributed by atoms with E-state index in [1.54, 1.807) is 0 Å². The molecule has 1 aromatic carbocycles. The van der Waals surface area contributed by atoms with Gasteiger partial charge in [-0.15, -0.1) is 12.4 Å². The molecule has 12 heteroatoms. The van der Waals surface area contributed by atoms with Crippen molar-refractivity contribution in [3.63, 3.8) is 0 Å². The Bertz CT molecular complexity index is 834. The van der Waals surface area contributed by atoms with Crippen molar-refractivity contribution in [1.82, 2.24) is 10.6 Å². The highest BCUT2D eigenvalue weighted by Crippen LogP contribution is 2.16. The number of halogens is 1. The summed E-state index contributed by atoms with van der Waals surface area (Å²) in [6.07, 6.45) is 2.00. The minimum absolute atomic E-state index is 0. The van der Waals surface area contributed by atoms with Gasteiger partial charge in [0.2, 0.25) is 17.7 Å². The van der Waals surface area contributed by atoms with Gasteiger partial charge in [0, 0.05) is 17.8 Å². The van der Waals surface area contributed by atoms with E-state index in [0.717, 1.165) is 0 Å². The number of nitrogens with one attached hydrogen (secondary N) is 3. The van der Waals surface area contributed by atoms with Crippen LogP contribution in [0.4, 0.5) is 11.4 Å². The summed E-state index contributed by atoms with van der Waals surface area (Å²) in [6, 6.07) is 2.93. The van der Waals surface area contributed by atoms with Gasteiger partial charge in [0.25, 0.3) is 5.69 Å². The second kappa shape index (κ2) is 16.0. The molecule has 0 aliphatic rings. The maximum absolute atomic E-state index is 13.1. The van der Waals surface area contributed by atoms with Gasteiger partial charge in [-0.2, -0.15) is 0 Å². The fraction of sp³-hybridized carbons (Fsp3) is 0.609. The topological polar surface area (TPSA) is 182 Å². The van der Waals surface area contributed by atoms with E-state index in [1.807, 2.05) is 27.7 Å². The van der Waals surface area contributed by atoms with Gasteiger partial charge in [0.15, 0.2) is 0 Å². The van der Waals surface area contributed by atoms with E-state index >= 15 is 0 Å². The minimum Gasteiger partial charge on any atom is -0.343 e. The van der Waals surface area contributed by atoms with E-state index in [0.29, 0.717) is 37.9 Å². The largest absolute Gasteiger partial charge is 0.343 e. The highest BCUT2D eigenvalue weighted by atomic mass is 35.5. The summed E-state index contributed by atoms with van der Waals surface area (Å²) >= 11 is 0. The zero-order valence-corrected chi connectivity index (χ0v) is 21.6. The van der Waals surface area contributed by atoms with Crippen LogP contribution in [-0.4, -0.2) is 47.3 Å². The fourth-order valence-corrected chi connectivity index (χ4v) is 3.20. The first-order valence-electron chi connectivity index (χ1n) is 11.6. The lowest BCUT2D eigenvalue weighted by Crippen LogP contribution is -2.56. The second-order valence-electron chi connectivity index (χ2n) is 9.10. The van der Waals surface area contributed by atoms with Crippen LogP contribution in [0.1, 0.15) is 53.4 Å². The number of benzene rings is 1. The first kappa shape index (κ1) is 32.2. The molecule has 11 nitrogen and oxygen atoms in total. The van der Waals surface area contributed by atoms with Crippen LogP contribution in [0.5, 0.6) is 0 Å². The lowest BCUT2D eigenvalue weighted by atomic mass is 10.00. The van der Waals surface area contributed by atoms with Crippen LogP contribution in [0.2, 0.25) is 0 Å². The van der Waals surface area contributed by atoms with Gasteiger partial charge in [-0.25, -0.2) is 0 Å². The number of nitrogens with zero attached hydrogens (tertiary/aromatic N) is 1. The summed E-state index contributed by atoms with van der Waals surface area (Å²) < 4.78 is 0. The predicted octanol–water partition coefficient (Wildman–Crippen LogP) is 2.08. The van der Waals surface area contributed by atoms with Gasteiger partial charge >= 0.3 is 0 Å². The molecule has 0 aliphatic carbocycles. The van der Waals surface area contributed by atoms with Crippen LogP contribution in [0.15, 0.2) is 24.3 Å². The number of hydrogen-bond donors (Lipinski definition) is 5. The van der Waals surface area contributed by atoms with Gasteiger partial charge in [0.1, 0.15) is 12.1 Å². The smallest absolute Gasteiger partial charge is 0.269 e. The zero-order valence-electron chi connectivity index (χ0n) is 20.8. The molecule has 198 valence electrons. The predicted molar refractivity (Wildman–Crippen MR) is 138 cm³/mol. The quantitative estimate of drug-likeness (QED) is 0.143. The molecule has 3 atom stereocenters. The normalized spacial score (nSPS) is 13.4. The molecule has 1 aromatic rings. The Morgan fingerprint density at radius 1 is 0.943 bits per heavy atom. The summed E-state index contributed by atoms with van der Waals surface area (Å²) in [4.78, 5) is 48.8. The Hall–Kier alpha value is -2.76. The average Bonchev–Trinajstić information content (AvgIpc) is 2.77. The van der Waals surface area contributed by atoms with Crippen LogP contribution < -0.4 is 27.4 Å². The molecule has 0 spiro atoms. The van der Waals surface area contributed by atoms with Gasteiger partial charge < -0.3 is 27.4 Å². The molecule has 0 bridgehead atoms. The Kier molecular flexibility index (Phi) is 14.7. The van der Waals surface area contributed by atoms with Gasteiger partial charge in [-0.1, -0.05) is 27.7 Å². The van der Waals surface area contributed by atoms with Crippen molar-refractivity contribution in [2.24, 2.45) is 23.3 Å². The number of nitrogens with two attached hydrogens (primary N) is 2. The van der Waals surface area contributed by atoms with Crippen LogP contribution in [0.3, 0.4) is 0 Å². The molecule has 0 saturated carbocycles. The second-order valence-corrected chi connectivity index (χ2v) is 9.10. The molecule has 3 unspecified atom stereocenters. The third-order valence-electron chi connectivity index (χ3n) is 5.29. The lowest BCUT2D eigenvalue weighted by Gasteiger charge is -2.26. The molecule has 0 aromatic heterocycles. The zero-order chi connectivity index (χ0) is 25.8. The van der Waals surface area contributed by atoms with Gasteiger partial charge in [0.05, 0.1) is 11.0 Å². The number of hydrogen-bond acceptors (Lipinski definition) is 7. The summed E-state index contributed by atoms with van der Waals surface area (Å²) in [6.45, 7) is 7.93. The van der Waals surface area contributed by atoms with Crippen molar-refractivity contribution in [3.8, 4) is 0 Å². The number of unbranched alkanes of at least 4 members (excludes halogenated alkanes) is 1. The van der Waals surface area contributed by atoms with E-state index < -0.39 is 40.8 Å². The van der Waals surface area contributed by atoms with Crippen molar-refractivity contribution in [2.75, 3.05) is 11.9 Å². The fourth-order valence-electron chi connectivity index (χ4n) is 3.20. The maximum atomic E-state index is 13.1. The van der Waals surface area contributed by atoms with Crippen molar-refractivity contribution in [3.05, 3.63) is 34.4 Å². The Labute approximate surface area is 212 Å².